The number of carbonyl (C=O) groups is 4. The average molecular weight is 617 g/mol. The van der Waals surface area contributed by atoms with Crippen LogP contribution in [0.2, 0.25) is 0 Å². The van der Waals surface area contributed by atoms with Gasteiger partial charge in [-0.25, -0.2) is 4.39 Å². The third-order valence-corrected chi connectivity index (χ3v) is 8.30. The molecule has 0 bridgehead atoms. The first-order chi connectivity index (χ1) is 18.3. The summed E-state index contributed by atoms with van der Waals surface area (Å²) < 4.78 is 15.3. The van der Waals surface area contributed by atoms with E-state index in [1.54, 1.807) is 0 Å². The quantitative estimate of drug-likeness (QED) is 0.186. The number of likely N-dealkylation sites (N-methyl/N-ethyl adjacent to an activating group) is 1. The summed E-state index contributed by atoms with van der Waals surface area (Å²) in [5.41, 5.74) is 0.325. The number of amides is 2. The number of aliphatic hydroxyl groups is 3. The number of nitrogens with zero attached hydrogens (tertiary/aromatic N) is 1. The normalized spacial score (nSPS) is 28.8. The maximum Gasteiger partial charge on any atom is 0.255 e. The summed E-state index contributed by atoms with van der Waals surface area (Å²) in [6.07, 6.45) is 0.970. The number of hydrogen-bond acceptors (Lipinski definition) is 10. The van der Waals surface area contributed by atoms with Crippen molar-refractivity contribution in [1.29, 1.82) is 0 Å². The topological polar surface area (TPSA) is 203 Å². The molecule has 1 saturated heterocycles. The Hall–Kier alpha value is -3.23. The summed E-state index contributed by atoms with van der Waals surface area (Å²) in [4.78, 5) is 52.9. The Morgan fingerprint density at radius 3 is 2.41 bits per heavy atom. The standard InChI is InChI=1S/C26H29FN4O8.2ClH/c1-31(2)18-11-7-9-6-10-12(27)8-14(30-25(38)13-4-3-5-29-13)19(32)16(10)20(33)15(9)22(35)26(11,39)23(36)17(21(18)34)24(28)37;;/h8-9,11,13,18,29,32-33,36,39H,3-7H2,1-2H3,(H2,28,37)(H,30,38);2*1H/t9-,11-,13-,18-,26-;;/m0../s1. The summed E-state index contributed by atoms with van der Waals surface area (Å²) in [6.45, 7) is 0.627. The van der Waals surface area contributed by atoms with E-state index in [1.165, 1.54) is 19.0 Å². The third-order valence-electron chi connectivity index (χ3n) is 8.30. The molecule has 2 fully saturated rings. The fraction of sp³-hybridized carbons (Fsp3) is 0.462. The number of fused-ring (bicyclic) bond motifs is 3. The number of nitrogens with one attached hydrogen (secondary N) is 2. The van der Waals surface area contributed by atoms with E-state index >= 15 is 4.39 Å². The van der Waals surface area contributed by atoms with E-state index < -0.39 is 92.7 Å². The molecule has 0 radical (unpaired) electrons. The number of phenols is 1. The first-order valence-electron chi connectivity index (χ1n) is 12.5. The number of carbonyl (C=O) groups excluding carboxylic acids is 4. The lowest BCUT2D eigenvalue weighted by atomic mass is 9.57. The van der Waals surface area contributed by atoms with Crippen LogP contribution in [0.5, 0.6) is 5.75 Å². The highest BCUT2D eigenvalue weighted by Crippen LogP contribution is 2.53. The monoisotopic (exact) mass is 616 g/mol. The van der Waals surface area contributed by atoms with Crippen LogP contribution in [0.15, 0.2) is 23.0 Å². The van der Waals surface area contributed by atoms with Crippen LogP contribution in [0.3, 0.4) is 0 Å². The number of rotatable bonds is 4. The van der Waals surface area contributed by atoms with Gasteiger partial charge in [-0.2, -0.15) is 0 Å². The van der Waals surface area contributed by atoms with Gasteiger partial charge in [0.25, 0.3) is 5.91 Å². The van der Waals surface area contributed by atoms with Gasteiger partial charge in [0.05, 0.1) is 23.3 Å². The number of aromatic hydroxyl groups is 1. The number of anilines is 1. The highest BCUT2D eigenvalue weighted by atomic mass is 35.5. The van der Waals surface area contributed by atoms with Crippen LogP contribution >= 0.6 is 24.8 Å². The van der Waals surface area contributed by atoms with E-state index in [4.69, 9.17) is 5.73 Å². The Morgan fingerprint density at radius 1 is 1.20 bits per heavy atom. The zero-order valence-corrected chi connectivity index (χ0v) is 23.7. The second-order valence-corrected chi connectivity index (χ2v) is 10.7. The number of nitrogens with two attached hydrogens (primary N) is 1. The van der Waals surface area contributed by atoms with E-state index in [-0.39, 0.29) is 48.9 Å². The van der Waals surface area contributed by atoms with Crippen LogP contribution in [0.4, 0.5) is 10.1 Å². The van der Waals surface area contributed by atoms with Gasteiger partial charge in [-0.15, -0.1) is 24.8 Å². The van der Waals surface area contributed by atoms with E-state index in [9.17, 15) is 39.6 Å². The molecule has 41 heavy (non-hydrogen) atoms. The number of hydrogen-bond donors (Lipinski definition) is 7. The molecule has 15 heteroatoms. The number of ketones is 2. The van der Waals surface area contributed by atoms with Crippen molar-refractivity contribution in [2.75, 3.05) is 26.0 Å². The maximum absolute atomic E-state index is 15.3. The molecule has 1 saturated carbocycles. The molecule has 0 unspecified atom stereocenters. The number of aliphatic hydroxyl groups excluding tert-OH is 2. The molecule has 8 N–H and O–H groups in total. The molecule has 2 amide bonds. The number of halogens is 3. The minimum atomic E-state index is -2.79. The Kier molecular flexibility index (Phi) is 8.83. The molecule has 0 aromatic heterocycles. The summed E-state index contributed by atoms with van der Waals surface area (Å²) in [5, 5.41) is 50.1. The molecular weight excluding hydrogens is 586 g/mol. The highest BCUT2D eigenvalue weighted by Gasteiger charge is 2.64. The van der Waals surface area contributed by atoms with E-state index in [2.05, 4.69) is 10.6 Å². The smallest absolute Gasteiger partial charge is 0.255 e. The molecule has 12 nitrogen and oxygen atoms in total. The van der Waals surface area contributed by atoms with Gasteiger partial charge in [0, 0.05) is 23.1 Å². The maximum atomic E-state index is 15.3. The van der Waals surface area contributed by atoms with Crippen molar-refractivity contribution >= 4 is 59.6 Å². The summed E-state index contributed by atoms with van der Waals surface area (Å²) in [6, 6.07) is -0.845. The summed E-state index contributed by atoms with van der Waals surface area (Å²) >= 11 is 0. The molecule has 1 aromatic carbocycles. The molecule has 4 aliphatic rings. The second-order valence-electron chi connectivity index (χ2n) is 10.7. The summed E-state index contributed by atoms with van der Waals surface area (Å²) in [5.74, 6) is -9.65. The molecule has 1 heterocycles. The Morgan fingerprint density at radius 2 is 1.85 bits per heavy atom. The predicted molar refractivity (Wildman–Crippen MR) is 148 cm³/mol. The summed E-state index contributed by atoms with van der Waals surface area (Å²) in [7, 11) is 2.98. The molecular formula is C26H31Cl2FN4O8. The van der Waals surface area contributed by atoms with Crippen molar-refractivity contribution in [3.05, 3.63) is 39.9 Å². The Labute approximate surface area is 246 Å². The molecule has 0 spiro atoms. The molecule has 224 valence electrons. The van der Waals surface area contributed by atoms with Crippen molar-refractivity contribution < 1.29 is 44.0 Å². The SMILES string of the molecule is CN(C)[C@@H]1C(=O)C(C(N)=O)=C(O)[C@@]2(O)C(=O)C3=C(O)c4c(O)c(NC(=O)[C@@H]5CCCN5)cc(F)c4C[C@H]3C[C@@H]12.Cl.Cl. The second kappa shape index (κ2) is 11.2. The fourth-order valence-electron chi connectivity index (χ4n) is 6.49. The van der Waals surface area contributed by atoms with Gasteiger partial charge in [-0.3, -0.25) is 24.1 Å². The zero-order valence-electron chi connectivity index (χ0n) is 22.1. The molecule has 5 rings (SSSR count). The first kappa shape index (κ1) is 32.3. The highest BCUT2D eigenvalue weighted by molar-refractivity contribution is 6.24. The van der Waals surface area contributed by atoms with Crippen LogP contribution in [-0.4, -0.2) is 87.0 Å². The van der Waals surface area contributed by atoms with Crippen molar-refractivity contribution in [1.82, 2.24) is 10.2 Å². The average Bonchev–Trinajstić information content (AvgIpc) is 3.39. The molecule has 1 aromatic rings. The zero-order chi connectivity index (χ0) is 28.5. The number of Topliss-reactive ketones (excluding diaryl/α,β-unsaturated/α-hetero) is 2. The van der Waals surface area contributed by atoms with Crippen molar-refractivity contribution in [2.24, 2.45) is 17.6 Å². The van der Waals surface area contributed by atoms with Crippen LogP contribution in [-0.2, 0) is 25.6 Å². The van der Waals surface area contributed by atoms with Crippen molar-refractivity contribution in [3.8, 4) is 5.75 Å². The predicted octanol–water partition coefficient (Wildman–Crippen LogP) is 0.637. The first-order valence-corrected chi connectivity index (χ1v) is 12.5. The molecule has 3 aliphatic carbocycles. The lowest BCUT2D eigenvalue weighted by molar-refractivity contribution is -0.153. The van der Waals surface area contributed by atoms with Crippen LogP contribution in [0.1, 0.15) is 30.4 Å². The minimum absolute atomic E-state index is 0. The minimum Gasteiger partial charge on any atom is -0.508 e. The van der Waals surface area contributed by atoms with Crippen LogP contribution < -0.4 is 16.4 Å². The fourth-order valence-corrected chi connectivity index (χ4v) is 6.49. The van der Waals surface area contributed by atoms with Gasteiger partial charge < -0.3 is 36.8 Å². The number of phenolic OH excluding ortho intramolecular Hbond substituents is 1. The van der Waals surface area contributed by atoms with Gasteiger partial charge in [0.1, 0.15) is 22.9 Å². The molecule has 1 aliphatic heterocycles. The van der Waals surface area contributed by atoms with Gasteiger partial charge >= 0.3 is 0 Å². The van der Waals surface area contributed by atoms with Crippen LogP contribution in [0.25, 0.3) is 5.76 Å². The lowest BCUT2D eigenvalue weighted by Crippen LogP contribution is -2.65. The Bertz CT molecular complexity index is 1410. The lowest BCUT2D eigenvalue weighted by Gasteiger charge is -2.50. The van der Waals surface area contributed by atoms with Gasteiger partial charge in [-0.05, 0) is 52.2 Å². The van der Waals surface area contributed by atoms with E-state index in [1.807, 2.05) is 0 Å². The number of primary amides is 1. The van der Waals surface area contributed by atoms with E-state index in [0.29, 0.717) is 13.0 Å². The van der Waals surface area contributed by atoms with Crippen molar-refractivity contribution in [3.63, 3.8) is 0 Å². The number of benzene rings is 1. The third kappa shape index (κ3) is 4.65. The Balaban J connectivity index is 0.00000231. The van der Waals surface area contributed by atoms with Gasteiger partial charge in [-0.1, -0.05) is 0 Å². The van der Waals surface area contributed by atoms with E-state index in [0.717, 1.165) is 12.5 Å². The van der Waals surface area contributed by atoms with Gasteiger partial charge in [0.15, 0.2) is 17.1 Å². The largest absolute Gasteiger partial charge is 0.508 e. The van der Waals surface area contributed by atoms with Crippen LogP contribution in [0, 0.1) is 17.7 Å². The molecule has 5 atom stereocenters. The van der Waals surface area contributed by atoms with Gasteiger partial charge in [0.2, 0.25) is 11.7 Å². The van der Waals surface area contributed by atoms with Crippen molar-refractivity contribution in [2.45, 2.75) is 43.4 Å².